The van der Waals surface area contributed by atoms with Crippen molar-refractivity contribution in [1.29, 1.82) is 0 Å². The Morgan fingerprint density at radius 3 is 2.83 bits per heavy atom. The van der Waals surface area contributed by atoms with Crippen molar-refractivity contribution < 1.29 is 9.59 Å². The topological polar surface area (TPSA) is 61.4 Å². The second-order valence-electron chi connectivity index (χ2n) is 7.50. The van der Waals surface area contributed by atoms with E-state index < -0.39 is 0 Å². The molecule has 5 heteroatoms. The second kappa shape index (κ2) is 6.93. The average molecular weight is 329 g/mol. The lowest BCUT2D eigenvalue weighted by molar-refractivity contribution is -0.147. The Labute approximate surface area is 143 Å². The molecule has 0 aliphatic carbocycles. The van der Waals surface area contributed by atoms with Gasteiger partial charge in [-0.2, -0.15) is 0 Å². The lowest BCUT2D eigenvalue weighted by Crippen LogP contribution is -2.61. The van der Waals surface area contributed by atoms with Crippen molar-refractivity contribution in [2.45, 2.75) is 58.3 Å². The summed E-state index contributed by atoms with van der Waals surface area (Å²) >= 11 is 0. The third kappa shape index (κ3) is 3.61. The van der Waals surface area contributed by atoms with Crippen LogP contribution in [-0.2, 0) is 16.1 Å². The molecule has 0 bridgehead atoms. The number of nitrogens with zero attached hydrogens (tertiary/aromatic N) is 1. The van der Waals surface area contributed by atoms with Crippen LogP contribution in [0.15, 0.2) is 24.3 Å². The number of aryl methyl sites for hydroxylation is 1. The highest BCUT2D eigenvalue weighted by Crippen LogP contribution is 2.25. The molecule has 2 heterocycles. The van der Waals surface area contributed by atoms with Crippen LogP contribution in [0.5, 0.6) is 0 Å². The Balaban J connectivity index is 1.61. The Hall–Kier alpha value is -1.88. The van der Waals surface area contributed by atoms with E-state index in [2.05, 4.69) is 55.7 Å². The van der Waals surface area contributed by atoms with Gasteiger partial charge in [-0.3, -0.25) is 9.59 Å². The monoisotopic (exact) mass is 329 g/mol. The van der Waals surface area contributed by atoms with E-state index in [0.29, 0.717) is 25.3 Å². The zero-order valence-electron chi connectivity index (χ0n) is 14.7. The van der Waals surface area contributed by atoms with Gasteiger partial charge >= 0.3 is 0 Å². The Morgan fingerprint density at radius 1 is 1.33 bits per heavy atom. The van der Waals surface area contributed by atoms with E-state index in [1.54, 1.807) is 4.90 Å². The SMILES string of the molecule is Cc1cccc(CN[C@H]2C[C@H]3C(=O)N[C@H](CC(C)C)C(=O)N3C2)c1. The Kier molecular flexibility index (Phi) is 4.90. The molecule has 1 aromatic rings. The van der Waals surface area contributed by atoms with Gasteiger partial charge in [-0.1, -0.05) is 43.7 Å². The summed E-state index contributed by atoms with van der Waals surface area (Å²) in [6.07, 6.45) is 1.40. The highest BCUT2D eigenvalue weighted by atomic mass is 16.2. The van der Waals surface area contributed by atoms with E-state index in [1.807, 2.05) is 0 Å². The van der Waals surface area contributed by atoms with E-state index in [4.69, 9.17) is 0 Å². The molecule has 3 rings (SSSR count). The standard InChI is InChI=1S/C19H27N3O2/c1-12(2)7-16-19(24)22-11-15(9-17(22)18(23)21-16)20-10-14-6-4-5-13(3)8-14/h4-6,8,12,15-17,20H,7,9-11H2,1-3H3,(H,21,23)/t15-,16+,17-/m0/s1. The lowest BCUT2D eigenvalue weighted by Gasteiger charge is -2.35. The van der Waals surface area contributed by atoms with Crippen molar-refractivity contribution in [1.82, 2.24) is 15.5 Å². The van der Waals surface area contributed by atoms with Gasteiger partial charge in [0.2, 0.25) is 11.8 Å². The summed E-state index contributed by atoms with van der Waals surface area (Å²) in [6, 6.07) is 7.89. The number of amides is 2. The van der Waals surface area contributed by atoms with Crippen molar-refractivity contribution in [3.8, 4) is 0 Å². The molecule has 130 valence electrons. The first kappa shape index (κ1) is 17.0. The van der Waals surface area contributed by atoms with Crippen molar-refractivity contribution >= 4 is 11.8 Å². The van der Waals surface area contributed by atoms with E-state index in [9.17, 15) is 9.59 Å². The van der Waals surface area contributed by atoms with Gasteiger partial charge in [0.05, 0.1) is 0 Å². The number of hydrogen-bond donors (Lipinski definition) is 2. The summed E-state index contributed by atoms with van der Waals surface area (Å²) < 4.78 is 0. The number of rotatable bonds is 5. The summed E-state index contributed by atoms with van der Waals surface area (Å²) in [6.45, 7) is 7.61. The van der Waals surface area contributed by atoms with Crippen molar-refractivity contribution in [2.75, 3.05) is 6.54 Å². The summed E-state index contributed by atoms with van der Waals surface area (Å²) in [5, 5.41) is 6.42. The van der Waals surface area contributed by atoms with Crippen LogP contribution in [0.4, 0.5) is 0 Å². The molecule has 0 unspecified atom stereocenters. The first-order chi connectivity index (χ1) is 11.4. The van der Waals surface area contributed by atoms with E-state index in [-0.39, 0.29) is 29.9 Å². The summed E-state index contributed by atoms with van der Waals surface area (Å²) in [7, 11) is 0. The van der Waals surface area contributed by atoms with Gasteiger partial charge in [0.15, 0.2) is 0 Å². The highest BCUT2D eigenvalue weighted by molar-refractivity contribution is 5.97. The molecule has 5 nitrogen and oxygen atoms in total. The smallest absolute Gasteiger partial charge is 0.245 e. The predicted octanol–water partition coefficient (Wildman–Crippen LogP) is 1.60. The number of piperazine rings is 1. The van der Waals surface area contributed by atoms with Crippen molar-refractivity contribution in [2.24, 2.45) is 5.92 Å². The van der Waals surface area contributed by atoms with Crippen LogP contribution in [0.2, 0.25) is 0 Å². The fourth-order valence-electron chi connectivity index (χ4n) is 3.72. The van der Waals surface area contributed by atoms with Gasteiger partial charge in [-0.05, 0) is 31.2 Å². The van der Waals surface area contributed by atoms with Crippen molar-refractivity contribution in [3.63, 3.8) is 0 Å². The number of carbonyl (C=O) groups is 2. The van der Waals surface area contributed by atoms with Gasteiger partial charge in [0, 0.05) is 19.1 Å². The van der Waals surface area contributed by atoms with Crippen molar-refractivity contribution in [3.05, 3.63) is 35.4 Å². The van der Waals surface area contributed by atoms with Crippen LogP contribution in [0, 0.1) is 12.8 Å². The van der Waals surface area contributed by atoms with Gasteiger partial charge in [0.1, 0.15) is 12.1 Å². The second-order valence-corrected chi connectivity index (χ2v) is 7.50. The van der Waals surface area contributed by atoms with Gasteiger partial charge in [0.25, 0.3) is 0 Å². The quantitative estimate of drug-likeness (QED) is 0.862. The van der Waals surface area contributed by atoms with E-state index in [1.165, 1.54) is 11.1 Å². The normalized spacial score (nSPS) is 26.7. The van der Waals surface area contributed by atoms with E-state index >= 15 is 0 Å². The number of hydrogen-bond acceptors (Lipinski definition) is 3. The fourth-order valence-corrected chi connectivity index (χ4v) is 3.72. The maximum Gasteiger partial charge on any atom is 0.245 e. The minimum atomic E-state index is -0.357. The first-order valence-corrected chi connectivity index (χ1v) is 8.84. The number of benzene rings is 1. The molecular formula is C19H27N3O2. The maximum atomic E-state index is 12.6. The molecule has 2 aliphatic heterocycles. The summed E-state index contributed by atoms with van der Waals surface area (Å²) in [4.78, 5) is 26.8. The largest absolute Gasteiger partial charge is 0.342 e. The molecule has 2 N–H and O–H groups in total. The zero-order chi connectivity index (χ0) is 17.3. The molecule has 24 heavy (non-hydrogen) atoms. The molecule has 0 saturated carbocycles. The molecule has 2 amide bonds. The van der Waals surface area contributed by atoms with Crippen LogP contribution < -0.4 is 10.6 Å². The number of carbonyl (C=O) groups excluding carboxylic acids is 2. The third-order valence-corrected chi connectivity index (χ3v) is 4.89. The third-order valence-electron chi connectivity index (χ3n) is 4.89. The van der Waals surface area contributed by atoms with Crippen LogP contribution in [0.3, 0.4) is 0 Å². The fraction of sp³-hybridized carbons (Fsp3) is 0.579. The molecule has 2 saturated heterocycles. The van der Waals surface area contributed by atoms with E-state index in [0.717, 1.165) is 6.54 Å². The number of fused-ring (bicyclic) bond motifs is 1. The molecule has 2 aliphatic rings. The predicted molar refractivity (Wildman–Crippen MR) is 93.3 cm³/mol. The molecule has 2 fully saturated rings. The van der Waals surface area contributed by atoms with Gasteiger partial charge < -0.3 is 15.5 Å². The maximum absolute atomic E-state index is 12.6. The minimum absolute atomic E-state index is 0.0000977. The Morgan fingerprint density at radius 2 is 2.12 bits per heavy atom. The Bertz CT molecular complexity index is 629. The molecular weight excluding hydrogens is 302 g/mol. The molecule has 3 atom stereocenters. The highest BCUT2D eigenvalue weighted by Gasteiger charge is 2.46. The lowest BCUT2D eigenvalue weighted by atomic mass is 9.99. The van der Waals surface area contributed by atoms with Gasteiger partial charge in [-0.15, -0.1) is 0 Å². The first-order valence-electron chi connectivity index (χ1n) is 8.84. The summed E-state index contributed by atoms with van der Waals surface area (Å²) in [5.41, 5.74) is 2.47. The molecule has 0 spiro atoms. The minimum Gasteiger partial charge on any atom is -0.342 e. The molecule has 0 aromatic heterocycles. The zero-order valence-corrected chi connectivity index (χ0v) is 14.7. The average Bonchev–Trinajstić information content (AvgIpc) is 2.95. The molecule has 0 radical (unpaired) electrons. The van der Waals surface area contributed by atoms with Crippen LogP contribution in [0.1, 0.15) is 37.8 Å². The van der Waals surface area contributed by atoms with Gasteiger partial charge in [-0.25, -0.2) is 0 Å². The van der Waals surface area contributed by atoms with Crippen LogP contribution in [0.25, 0.3) is 0 Å². The summed E-state index contributed by atoms with van der Waals surface area (Å²) in [5.74, 6) is 0.460. The number of nitrogens with one attached hydrogen (secondary N) is 2. The van der Waals surface area contributed by atoms with Crippen LogP contribution in [-0.4, -0.2) is 41.4 Å². The molecule has 1 aromatic carbocycles. The van der Waals surface area contributed by atoms with Crippen LogP contribution >= 0.6 is 0 Å².